The Kier molecular flexibility index (Phi) is 5.34. The number of rotatable bonds is 6. The van der Waals surface area contributed by atoms with Crippen LogP contribution in [0.5, 0.6) is 5.75 Å². The lowest BCUT2D eigenvalue weighted by Crippen LogP contribution is -2.11. The summed E-state index contributed by atoms with van der Waals surface area (Å²) in [4.78, 5) is 17.2. The minimum atomic E-state index is -2.90. The van der Waals surface area contributed by atoms with Crippen LogP contribution in [0.1, 0.15) is 34.7 Å². The molecule has 162 valence electrons. The summed E-state index contributed by atoms with van der Waals surface area (Å²) in [7, 11) is 0. The second-order valence-corrected chi connectivity index (χ2v) is 7.78. The molecular formula is C24H20F2N4O2. The number of fused-ring (bicyclic) bond motifs is 2. The molecule has 0 atom stereocenters. The molecule has 0 amide bonds. The predicted molar refractivity (Wildman–Crippen MR) is 115 cm³/mol. The van der Waals surface area contributed by atoms with Gasteiger partial charge in [0.05, 0.1) is 29.5 Å². The lowest BCUT2D eigenvalue weighted by Gasteiger charge is -2.16. The Morgan fingerprint density at radius 1 is 1.06 bits per heavy atom. The molecule has 0 fully saturated rings. The number of hydrogen-bond acceptors (Lipinski definition) is 5. The molecule has 0 saturated carbocycles. The number of carbonyl (C=O) groups is 1. The number of aromatic nitrogens is 4. The van der Waals surface area contributed by atoms with Gasteiger partial charge in [-0.15, -0.1) is 0 Å². The van der Waals surface area contributed by atoms with E-state index < -0.39 is 6.61 Å². The van der Waals surface area contributed by atoms with Gasteiger partial charge in [-0.2, -0.15) is 19.0 Å². The van der Waals surface area contributed by atoms with Crippen molar-refractivity contribution >= 4 is 16.7 Å². The highest BCUT2D eigenvalue weighted by molar-refractivity contribution is 5.97. The highest BCUT2D eigenvalue weighted by atomic mass is 19.3. The number of hydrogen-bond donors (Lipinski definition) is 0. The number of alkyl halides is 2. The van der Waals surface area contributed by atoms with E-state index in [1.165, 1.54) is 30.7 Å². The summed E-state index contributed by atoms with van der Waals surface area (Å²) in [5.41, 5.74) is 3.83. The van der Waals surface area contributed by atoms with E-state index in [0.717, 1.165) is 47.4 Å². The molecule has 0 aliphatic carbocycles. The fourth-order valence-electron chi connectivity index (χ4n) is 4.07. The van der Waals surface area contributed by atoms with Gasteiger partial charge in [0, 0.05) is 29.5 Å². The Bertz CT molecular complexity index is 1290. The SMILES string of the molecule is O=C(Cc1cc2cc(-c3cnc4n3CCCC4)ccc2nn1)c1ccc(OC(F)F)cc1. The average Bonchev–Trinajstić information content (AvgIpc) is 3.23. The molecule has 2 aromatic carbocycles. The van der Waals surface area contributed by atoms with Crippen LogP contribution in [-0.4, -0.2) is 32.1 Å². The Morgan fingerprint density at radius 2 is 1.91 bits per heavy atom. The topological polar surface area (TPSA) is 69.9 Å². The quantitative estimate of drug-likeness (QED) is 0.406. The van der Waals surface area contributed by atoms with E-state index in [1.54, 1.807) is 0 Å². The number of halogens is 2. The van der Waals surface area contributed by atoms with Crippen molar-refractivity contribution in [3.63, 3.8) is 0 Å². The van der Waals surface area contributed by atoms with Gasteiger partial charge in [-0.25, -0.2) is 4.98 Å². The maximum absolute atomic E-state index is 12.6. The van der Waals surface area contributed by atoms with Crippen LogP contribution in [0.4, 0.5) is 8.78 Å². The van der Waals surface area contributed by atoms with Crippen molar-refractivity contribution in [2.24, 2.45) is 0 Å². The number of ether oxygens (including phenoxy) is 1. The second kappa shape index (κ2) is 8.45. The number of Topliss-reactive ketones (excluding diaryl/α,β-unsaturated/α-hetero) is 1. The predicted octanol–water partition coefficient (Wildman–Crippen LogP) is 4.86. The molecule has 1 aliphatic heterocycles. The van der Waals surface area contributed by atoms with Crippen LogP contribution < -0.4 is 4.74 Å². The third kappa shape index (κ3) is 4.08. The van der Waals surface area contributed by atoms with Gasteiger partial charge in [-0.1, -0.05) is 6.07 Å². The van der Waals surface area contributed by atoms with Crippen molar-refractivity contribution in [3.05, 3.63) is 71.8 Å². The van der Waals surface area contributed by atoms with Crippen molar-refractivity contribution < 1.29 is 18.3 Å². The first-order chi connectivity index (χ1) is 15.6. The molecule has 5 rings (SSSR count). The summed E-state index contributed by atoms with van der Waals surface area (Å²) < 4.78 is 31.2. The van der Waals surface area contributed by atoms with Gasteiger partial charge in [0.25, 0.3) is 0 Å². The number of nitrogens with zero attached hydrogens (tertiary/aromatic N) is 4. The summed E-state index contributed by atoms with van der Waals surface area (Å²) in [6.45, 7) is -1.93. The summed E-state index contributed by atoms with van der Waals surface area (Å²) in [5, 5.41) is 9.33. The van der Waals surface area contributed by atoms with Crippen molar-refractivity contribution in [2.75, 3.05) is 0 Å². The zero-order valence-electron chi connectivity index (χ0n) is 17.2. The van der Waals surface area contributed by atoms with Crippen molar-refractivity contribution in [1.82, 2.24) is 19.7 Å². The number of carbonyl (C=O) groups excluding carboxylic acids is 1. The fourth-order valence-corrected chi connectivity index (χ4v) is 4.07. The molecule has 8 heteroatoms. The highest BCUT2D eigenvalue weighted by Gasteiger charge is 2.16. The fraction of sp³-hybridized carbons (Fsp3) is 0.250. The van der Waals surface area contributed by atoms with E-state index in [1.807, 2.05) is 30.5 Å². The van der Waals surface area contributed by atoms with Crippen LogP contribution in [0.3, 0.4) is 0 Å². The number of aryl methyl sites for hydroxylation is 1. The van der Waals surface area contributed by atoms with Crippen LogP contribution in [-0.2, 0) is 19.4 Å². The molecule has 0 saturated heterocycles. The zero-order chi connectivity index (χ0) is 22.1. The summed E-state index contributed by atoms with van der Waals surface area (Å²) in [6, 6.07) is 13.5. The molecule has 0 unspecified atom stereocenters. The molecule has 0 bridgehead atoms. The third-order valence-electron chi connectivity index (χ3n) is 5.65. The molecule has 4 aromatic rings. The summed E-state index contributed by atoms with van der Waals surface area (Å²) in [5.74, 6) is 0.954. The molecule has 0 spiro atoms. The van der Waals surface area contributed by atoms with Crippen LogP contribution in [0.2, 0.25) is 0 Å². The van der Waals surface area contributed by atoms with E-state index in [4.69, 9.17) is 0 Å². The first-order valence-electron chi connectivity index (χ1n) is 10.5. The zero-order valence-corrected chi connectivity index (χ0v) is 17.2. The summed E-state index contributed by atoms with van der Waals surface area (Å²) in [6.07, 6.45) is 5.30. The Balaban J connectivity index is 1.38. The second-order valence-electron chi connectivity index (χ2n) is 7.78. The Hall–Kier alpha value is -3.68. The van der Waals surface area contributed by atoms with Crippen LogP contribution in [0, 0.1) is 0 Å². The van der Waals surface area contributed by atoms with Crippen LogP contribution in [0.25, 0.3) is 22.2 Å². The number of ketones is 1. The first-order valence-corrected chi connectivity index (χ1v) is 10.5. The Labute approximate surface area is 182 Å². The van der Waals surface area contributed by atoms with E-state index in [2.05, 4.69) is 24.5 Å². The summed E-state index contributed by atoms with van der Waals surface area (Å²) >= 11 is 0. The van der Waals surface area contributed by atoms with Gasteiger partial charge in [0.2, 0.25) is 0 Å². The normalized spacial score (nSPS) is 13.3. The molecule has 1 aliphatic rings. The van der Waals surface area contributed by atoms with Gasteiger partial charge in [0.1, 0.15) is 11.6 Å². The molecule has 3 heterocycles. The minimum Gasteiger partial charge on any atom is -0.435 e. The molecule has 6 nitrogen and oxygen atoms in total. The van der Waals surface area contributed by atoms with Crippen LogP contribution >= 0.6 is 0 Å². The lowest BCUT2D eigenvalue weighted by molar-refractivity contribution is -0.0498. The van der Waals surface area contributed by atoms with Gasteiger partial charge in [-0.3, -0.25) is 4.79 Å². The largest absolute Gasteiger partial charge is 0.435 e. The van der Waals surface area contributed by atoms with Gasteiger partial charge >= 0.3 is 6.61 Å². The van der Waals surface area contributed by atoms with Crippen molar-refractivity contribution in [3.8, 4) is 17.0 Å². The van der Waals surface area contributed by atoms with Gasteiger partial charge in [-0.05, 0) is 55.3 Å². The first kappa shape index (κ1) is 20.2. The van der Waals surface area contributed by atoms with Crippen molar-refractivity contribution in [2.45, 2.75) is 38.8 Å². The van der Waals surface area contributed by atoms with Gasteiger partial charge in [0.15, 0.2) is 5.78 Å². The smallest absolute Gasteiger partial charge is 0.387 e. The van der Waals surface area contributed by atoms with Gasteiger partial charge < -0.3 is 9.30 Å². The monoisotopic (exact) mass is 434 g/mol. The third-order valence-corrected chi connectivity index (χ3v) is 5.65. The van der Waals surface area contributed by atoms with E-state index in [9.17, 15) is 13.6 Å². The molecule has 0 N–H and O–H groups in total. The molecule has 32 heavy (non-hydrogen) atoms. The van der Waals surface area contributed by atoms with Crippen molar-refractivity contribution in [1.29, 1.82) is 0 Å². The lowest BCUT2D eigenvalue weighted by atomic mass is 10.0. The molecule has 0 radical (unpaired) electrons. The van der Waals surface area contributed by atoms with E-state index in [0.29, 0.717) is 11.3 Å². The van der Waals surface area contributed by atoms with E-state index in [-0.39, 0.29) is 18.0 Å². The average molecular weight is 434 g/mol. The highest BCUT2D eigenvalue weighted by Crippen LogP contribution is 2.27. The standard InChI is InChI=1S/C24H20F2N4O2/c25-24(26)32-19-7-4-15(5-8-19)22(31)13-18-12-17-11-16(6-9-20(17)29-28-18)21-14-27-23-3-1-2-10-30(21)23/h4-9,11-12,14,24H,1-3,10,13H2. The minimum absolute atomic E-state index is 0.0108. The van der Waals surface area contributed by atoms with Crippen LogP contribution in [0.15, 0.2) is 54.7 Å². The number of benzene rings is 2. The maximum Gasteiger partial charge on any atom is 0.387 e. The maximum atomic E-state index is 12.6. The molecular weight excluding hydrogens is 414 g/mol. The molecule has 2 aromatic heterocycles. The Morgan fingerprint density at radius 3 is 2.72 bits per heavy atom. The number of imidazole rings is 1. The van der Waals surface area contributed by atoms with E-state index >= 15 is 0 Å².